The van der Waals surface area contributed by atoms with Gasteiger partial charge in [-0.25, -0.2) is 9.13 Å². The zero-order chi connectivity index (χ0) is 71.8. The maximum atomic E-state index is 13.1. The summed E-state index contributed by atoms with van der Waals surface area (Å²) in [6.07, 6.45) is 74.0. The number of aliphatic hydroxyl groups excluding tert-OH is 1. The number of phosphoric ester groups is 2. The molecule has 98 heavy (non-hydrogen) atoms. The molecule has 566 valence electrons. The number of hydrogen-bond acceptors (Lipinski definition) is 15. The average Bonchev–Trinajstić information content (AvgIpc) is 1.00. The Kier molecular flexibility index (Phi) is 68.4. The largest absolute Gasteiger partial charge is 0.472 e. The lowest BCUT2D eigenvalue weighted by molar-refractivity contribution is -0.161. The van der Waals surface area contributed by atoms with Gasteiger partial charge in [-0.15, -0.1) is 0 Å². The van der Waals surface area contributed by atoms with E-state index in [1.807, 2.05) is 0 Å². The first-order chi connectivity index (χ1) is 47.7. The molecule has 0 heterocycles. The number of carbonyl (C=O) groups is 4. The smallest absolute Gasteiger partial charge is 0.462 e. The highest BCUT2D eigenvalue weighted by Crippen LogP contribution is 2.45. The summed E-state index contributed by atoms with van der Waals surface area (Å²) < 4.78 is 68.4. The third kappa shape index (κ3) is 70.4. The van der Waals surface area contributed by atoms with Crippen molar-refractivity contribution in [2.75, 3.05) is 39.6 Å². The highest BCUT2D eigenvalue weighted by atomic mass is 31.2. The van der Waals surface area contributed by atoms with E-state index in [-0.39, 0.29) is 25.7 Å². The van der Waals surface area contributed by atoms with Crippen LogP contribution in [-0.2, 0) is 65.4 Å². The number of hydrogen-bond donors (Lipinski definition) is 3. The van der Waals surface area contributed by atoms with Crippen LogP contribution in [0.5, 0.6) is 0 Å². The van der Waals surface area contributed by atoms with E-state index in [1.54, 1.807) is 0 Å². The number of phosphoric acid groups is 2. The number of unbranched alkanes of at least 4 members (excludes halogenated alkanes) is 30. The maximum absolute atomic E-state index is 13.1. The van der Waals surface area contributed by atoms with Crippen LogP contribution in [0.3, 0.4) is 0 Å². The molecule has 5 atom stereocenters. The number of esters is 4. The lowest BCUT2D eigenvalue weighted by atomic mass is 10.0. The minimum absolute atomic E-state index is 0.0893. The second kappa shape index (κ2) is 71.4. The zero-order valence-electron chi connectivity index (χ0n) is 61.7. The Balaban J connectivity index is 5.32. The van der Waals surface area contributed by atoms with Crippen LogP contribution in [0.1, 0.15) is 323 Å². The number of carbonyl (C=O) groups excluding carboxylic acids is 4. The molecule has 3 N–H and O–H groups in total. The second-order valence-corrected chi connectivity index (χ2v) is 28.5. The Bertz CT molecular complexity index is 2240. The normalized spacial score (nSPS) is 14.5. The minimum atomic E-state index is -4.98. The van der Waals surface area contributed by atoms with E-state index >= 15 is 0 Å². The van der Waals surface area contributed by atoms with Gasteiger partial charge in [0.1, 0.15) is 19.3 Å². The van der Waals surface area contributed by atoms with E-state index in [0.717, 1.165) is 154 Å². The van der Waals surface area contributed by atoms with Gasteiger partial charge in [0.25, 0.3) is 0 Å². The first-order valence-corrected chi connectivity index (χ1v) is 41.5. The molecule has 0 radical (unpaired) electrons. The first-order valence-electron chi connectivity index (χ1n) is 38.5. The van der Waals surface area contributed by atoms with Gasteiger partial charge in [-0.05, 0) is 103 Å². The van der Waals surface area contributed by atoms with Gasteiger partial charge in [-0.2, -0.15) is 0 Å². The minimum Gasteiger partial charge on any atom is -0.462 e. The molecular weight excluding hydrogens is 1280 g/mol. The number of rotatable bonds is 72. The molecule has 0 aromatic rings. The summed E-state index contributed by atoms with van der Waals surface area (Å²) in [6, 6.07) is 0. The lowest BCUT2D eigenvalue weighted by Crippen LogP contribution is -2.30. The fourth-order valence-corrected chi connectivity index (χ4v) is 11.8. The average molecular weight is 1420 g/mol. The molecule has 0 bridgehead atoms. The standard InChI is InChI=1S/C79H138O17P2/c1-5-9-13-17-21-25-29-32-34-35-36-37-39-42-45-48-52-56-60-64-77(82)89-69-74(95-78(83)65-61-57-53-49-43-28-24-20-16-12-8-4)71-93-97(85,86)91-67-73(80)68-92-98(87,88)94-72-75(96-79(84)66-62-58-54-50-46-40-31-27-23-19-15-11-7-3)70-90-76(81)63-59-55-51-47-44-41-38-33-30-26-22-18-14-10-6-2/h9-10,13-14,21-22,25-26,32-34,36-38,44,47,73-75,80H,5-8,11-12,15-20,23-24,27-31,35,39-43,45-46,48-72H2,1-4H3,(H,85,86)(H,87,88)/b13-9-,14-10-,25-21-,26-22-,34-32-,37-36-,38-33-,47-44-. The van der Waals surface area contributed by atoms with Gasteiger partial charge in [0, 0.05) is 25.7 Å². The zero-order valence-corrected chi connectivity index (χ0v) is 63.5. The highest BCUT2D eigenvalue weighted by Gasteiger charge is 2.30. The van der Waals surface area contributed by atoms with Gasteiger partial charge in [0.2, 0.25) is 0 Å². The van der Waals surface area contributed by atoms with Crippen LogP contribution in [0.25, 0.3) is 0 Å². The summed E-state index contributed by atoms with van der Waals surface area (Å²) in [4.78, 5) is 72.8. The molecule has 0 amide bonds. The first kappa shape index (κ1) is 94.0. The van der Waals surface area contributed by atoms with Crippen molar-refractivity contribution in [3.05, 3.63) is 97.2 Å². The van der Waals surface area contributed by atoms with Gasteiger partial charge in [-0.3, -0.25) is 37.3 Å². The topological polar surface area (TPSA) is 237 Å². The Morgan fingerprint density at radius 1 is 0.296 bits per heavy atom. The van der Waals surface area contributed by atoms with Crippen LogP contribution < -0.4 is 0 Å². The summed E-state index contributed by atoms with van der Waals surface area (Å²) in [5.41, 5.74) is 0. The molecule has 0 saturated carbocycles. The van der Waals surface area contributed by atoms with Crippen molar-refractivity contribution >= 4 is 39.5 Å². The molecule has 5 unspecified atom stereocenters. The molecule has 19 heteroatoms. The van der Waals surface area contributed by atoms with Crippen molar-refractivity contribution in [1.29, 1.82) is 0 Å². The SMILES string of the molecule is CC/C=C\C/C=C\C/C=C\C/C=C\CCCCCCCCC(=O)OCC(COP(=O)(O)OCC(O)COP(=O)(O)OCC(COC(=O)CCCC/C=C\C/C=C\C/C=C\C/C=C\CC)OC(=O)CCCCCCCCCCCCCCC)OC(=O)CCCCCCCCCCCCC. The molecule has 0 rings (SSSR count). The quantitative estimate of drug-likeness (QED) is 0.0169. The fraction of sp³-hybridized carbons (Fsp3) is 0.747. The predicted octanol–water partition coefficient (Wildman–Crippen LogP) is 22.0. The Hall–Kier alpha value is -4.02. The van der Waals surface area contributed by atoms with Gasteiger partial charge >= 0.3 is 39.5 Å². The van der Waals surface area contributed by atoms with E-state index in [0.29, 0.717) is 25.7 Å². The Morgan fingerprint density at radius 2 is 0.531 bits per heavy atom. The van der Waals surface area contributed by atoms with Gasteiger partial charge in [-0.1, -0.05) is 292 Å². The molecule has 0 fully saturated rings. The van der Waals surface area contributed by atoms with Crippen molar-refractivity contribution in [3.8, 4) is 0 Å². The van der Waals surface area contributed by atoms with Crippen LogP contribution >= 0.6 is 15.6 Å². The fourth-order valence-electron chi connectivity index (χ4n) is 10.3. The molecule has 0 spiro atoms. The van der Waals surface area contributed by atoms with E-state index in [1.165, 1.54) is 89.9 Å². The Morgan fingerprint density at radius 3 is 0.837 bits per heavy atom. The molecule has 0 aliphatic rings. The van der Waals surface area contributed by atoms with Crippen LogP contribution in [0.15, 0.2) is 97.2 Å². The molecular formula is C79H138O17P2. The Labute approximate surface area is 595 Å². The summed E-state index contributed by atoms with van der Waals surface area (Å²) >= 11 is 0. The van der Waals surface area contributed by atoms with Crippen molar-refractivity contribution in [1.82, 2.24) is 0 Å². The number of aliphatic hydroxyl groups is 1. The van der Waals surface area contributed by atoms with Crippen LogP contribution in [0.4, 0.5) is 0 Å². The molecule has 0 saturated heterocycles. The third-order valence-electron chi connectivity index (χ3n) is 16.1. The third-order valence-corrected chi connectivity index (χ3v) is 18.0. The van der Waals surface area contributed by atoms with Crippen molar-refractivity contribution < 1.29 is 80.2 Å². The van der Waals surface area contributed by atoms with E-state index < -0.39 is 97.5 Å². The van der Waals surface area contributed by atoms with Crippen molar-refractivity contribution in [3.63, 3.8) is 0 Å². The molecule has 17 nitrogen and oxygen atoms in total. The van der Waals surface area contributed by atoms with Crippen molar-refractivity contribution in [2.24, 2.45) is 0 Å². The van der Waals surface area contributed by atoms with Gasteiger partial charge in [0.05, 0.1) is 26.4 Å². The summed E-state index contributed by atoms with van der Waals surface area (Å²) in [7, 11) is -9.95. The highest BCUT2D eigenvalue weighted by molar-refractivity contribution is 7.47. The molecule has 0 aromatic carbocycles. The monoisotopic (exact) mass is 1420 g/mol. The number of ether oxygens (including phenoxy) is 4. The molecule has 0 aliphatic carbocycles. The maximum Gasteiger partial charge on any atom is 0.472 e. The van der Waals surface area contributed by atoms with E-state index in [2.05, 4.69) is 125 Å². The lowest BCUT2D eigenvalue weighted by Gasteiger charge is -2.21. The predicted molar refractivity (Wildman–Crippen MR) is 399 cm³/mol. The summed E-state index contributed by atoms with van der Waals surface area (Å²) in [6.45, 7) is 4.60. The summed E-state index contributed by atoms with van der Waals surface area (Å²) in [5.74, 6) is -2.22. The van der Waals surface area contributed by atoms with Crippen LogP contribution in [0.2, 0.25) is 0 Å². The van der Waals surface area contributed by atoms with E-state index in [9.17, 15) is 43.2 Å². The van der Waals surface area contributed by atoms with Gasteiger partial charge < -0.3 is 33.8 Å². The van der Waals surface area contributed by atoms with Crippen molar-refractivity contribution in [2.45, 2.75) is 341 Å². The second-order valence-electron chi connectivity index (χ2n) is 25.5. The molecule has 0 aliphatic heterocycles. The number of allylic oxidation sites excluding steroid dienone is 16. The van der Waals surface area contributed by atoms with Crippen LogP contribution in [-0.4, -0.2) is 96.7 Å². The van der Waals surface area contributed by atoms with E-state index in [4.69, 9.17) is 37.0 Å². The van der Waals surface area contributed by atoms with Gasteiger partial charge in [0.15, 0.2) is 12.2 Å². The molecule has 0 aromatic heterocycles. The summed E-state index contributed by atoms with van der Waals surface area (Å²) in [5, 5.41) is 10.6. The van der Waals surface area contributed by atoms with Crippen LogP contribution in [0, 0.1) is 0 Å².